The number of carbonyl (C=O) groups is 2. The zero-order valence-electron chi connectivity index (χ0n) is 21.2. The Morgan fingerprint density at radius 3 is 2.57 bits per heavy atom. The maximum absolute atomic E-state index is 13.5. The normalized spacial score (nSPS) is 14.1. The highest BCUT2D eigenvalue weighted by Gasteiger charge is 2.25. The van der Waals surface area contributed by atoms with Gasteiger partial charge in [-0.15, -0.1) is 0 Å². The number of piperidine rings is 1. The molecule has 0 spiro atoms. The Labute approximate surface area is 216 Å². The van der Waals surface area contributed by atoms with Crippen molar-refractivity contribution >= 4 is 28.5 Å². The fraction of sp³-hybridized carbons (Fsp3) is 0.267. The van der Waals surface area contributed by atoms with Crippen molar-refractivity contribution in [2.24, 2.45) is 11.7 Å². The topological polar surface area (TPSA) is 101 Å². The molecule has 0 bridgehead atoms. The van der Waals surface area contributed by atoms with Crippen molar-refractivity contribution in [3.05, 3.63) is 89.1 Å². The van der Waals surface area contributed by atoms with Gasteiger partial charge in [0, 0.05) is 48.3 Å². The summed E-state index contributed by atoms with van der Waals surface area (Å²) in [6.07, 6.45) is 3.18. The van der Waals surface area contributed by atoms with Crippen molar-refractivity contribution in [1.29, 1.82) is 0 Å². The van der Waals surface area contributed by atoms with E-state index in [1.807, 2.05) is 42.5 Å². The number of anilines is 1. The summed E-state index contributed by atoms with van der Waals surface area (Å²) in [5, 5.41) is 3.92. The van der Waals surface area contributed by atoms with Crippen LogP contribution in [0.3, 0.4) is 0 Å². The van der Waals surface area contributed by atoms with Gasteiger partial charge in [0.05, 0.1) is 16.8 Å². The third kappa shape index (κ3) is 5.16. The van der Waals surface area contributed by atoms with Crippen LogP contribution >= 0.6 is 0 Å². The summed E-state index contributed by atoms with van der Waals surface area (Å²) < 4.78 is 0. The van der Waals surface area contributed by atoms with Crippen LogP contribution in [0.4, 0.5) is 5.82 Å². The Morgan fingerprint density at radius 1 is 1.03 bits per heavy atom. The van der Waals surface area contributed by atoms with E-state index in [4.69, 9.17) is 10.7 Å². The maximum Gasteiger partial charge on any atom is 0.252 e. The van der Waals surface area contributed by atoms with Crippen molar-refractivity contribution in [3.8, 4) is 11.3 Å². The third-order valence-electron chi connectivity index (χ3n) is 7.12. The van der Waals surface area contributed by atoms with E-state index >= 15 is 0 Å². The van der Waals surface area contributed by atoms with Crippen LogP contribution in [0, 0.1) is 19.8 Å². The molecular formula is C30H31N5O2. The molecule has 4 aromatic rings. The lowest BCUT2D eigenvalue weighted by molar-refractivity contribution is -0.122. The van der Waals surface area contributed by atoms with Crippen molar-refractivity contribution in [1.82, 2.24) is 15.3 Å². The number of primary amides is 1. The molecule has 3 heterocycles. The number of aryl methyl sites for hydroxylation is 2. The number of nitrogens with zero attached hydrogens (tertiary/aromatic N) is 3. The second kappa shape index (κ2) is 10.4. The quantitative estimate of drug-likeness (QED) is 0.411. The van der Waals surface area contributed by atoms with E-state index in [0.29, 0.717) is 38.0 Å². The lowest BCUT2D eigenvalue weighted by atomic mass is 9.96. The molecule has 2 amide bonds. The predicted molar refractivity (Wildman–Crippen MR) is 146 cm³/mol. The van der Waals surface area contributed by atoms with Gasteiger partial charge in [-0.3, -0.25) is 9.59 Å². The number of aromatic nitrogens is 2. The molecular weight excluding hydrogens is 462 g/mol. The summed E-state index contributed by atoms with van der Waals surface area (Å²) >= 11 is 0. The van der Waals surface area contributed by atoms with Crippen LogP contribution in [-0.2, 0) is 11.3 Å². The SMILES string of the molecule is Cc1ccc(-c2cc(C(=O)NCc3cccnc3N3CCC(C(N)=O)CC3)c3ccccc3n2)c(C)c1. The molecule has 0 atom stereocenters. The smallest absolute Gasteiger partial charge is 0.252 e. The van der Waals surface area contributed by atoms with E-state index < -0.39 is 0 Å². The Balaban J connectivity index is 1.40. The van der Waals surface area contributed by atoms with Gasteiger partial charge in [0.15, 0.2) is 0 Å². The first-order valence-electron chi connectivity index (χ1n) is 12.6. The molecule has 2 aromatic carbocycles. The van der Waals surface area contributed by atoms with E-state index in [1.165, 1.54) is 5.56 Å². The number of benzene rings is 2. The highest BCUT2D eigenvalue weighted by atomic mass is 16.2. The van der Waals surface area contributed by atoms with Gasteiger partial charge in [0.25, 0.3) is 5.91 Å². The standard InChI is InChI=1S/C30H31N5O2/c1-19-9-10-23(20(2)16-19)27-17-25(24-7-3-4-8-26(24)34-27)30(37)33-18-22-6-5-13-32-29(22)35-14-11-21(12-15-35)28(31)36/h3-10,13,16-17,21H,11-12,14-15,18H2,1-2H3,(H2,31,36)(H,33,37). The fourth-order valence-electron chi connectivity index (χ4n) is 5.10. The van der Waals surface area contributed by atoms with Crippen molar-refractivity contribution in [2.75, 3.05) is 18.0 Å². The van der Waals surface area contributed by atoms with Crippen LogP contribution in [0.5, 0.6) is 0 Å². The summed E-state index contributed by atoms with van der Waals surface area (Å²) in [6.45, 7) is 5.89. The molecule has 5 rings (SSSR count). The number of rotatable bonds is 6. The van der Waals surface area contributed by atoms with E-state index in [1.54, 1.807) is 6.20 Å². The number of fused-ring (bicyclic) bond motifs is 1. The first kappa shape index (κ1) is 24.4. The minimum atomic E-state index is -0.238. The molecule has 0 radical (unpaired) electrons. The summed E-state index contributed by atoms with van der Waals surface area (Å²) in [4.78, 5) is 36.7. The predicted octanol–water partition coefficient (Wildman–Crippen LogP) is 4.55. The minimum absolute atomic E-state index is 0.0885. The molecule has 0 saturated carbocycles. The molecule has 7 nitrogen and oxygen atoms in total. The zero-order valence-corrected chi connectivity index (χ0v) is 21.2. The number of hydrogen-bond donors (Lipinski definition) is 2. The number of pyridine rings is 2. The highest BCUT2D eigenvalue weighted by molar-refractivity contribution is 6.07. The van der Waals surface area contributed by atoms with Gasteiger partial charge in [-0.2, -0.15) is 0 Å². The molecule has 188 valence electrons. The maximum atomic E-state index is 13.5. The molecule has 37 heavy (non-hydrogen) atoms. The Hall–Kier alpha value is -4.26. The van der Waals surface area contributed by atoms with Crippen LogP contribution in [0.1, 0.15) is 39.9 Å². The average molecular weight is 494 g/mol. The molecule has 1 aliphatic rings. The summed E-state index contributed by atoms with van der Waals surface area (Å²) in [6, 6.07) is 19.7. The molecule has 2 aromatic heterocycles. The van der Waals surface area contributed by atoms with Crippen molar-refractivity contribution in [3.63, 3.8) is 0 Å². The average Bonchev–Trinajstić information content (AvgIpc) is 2.91. The number of hydrogen-bond acceptors (Lipinski definition) is 5. The number of para-hydroxylation sites is 1. The van der Waals surface area contributed by atoms with Gasteiger partial charge >= 0.3 is 0 Å². The van der Waals surface area contributed by atoms with Gasteiger partial charge in [-0.05, 0) is 50.5 Å². The van der Waals surface area contributed by atoms with E-state index in [0.717, 1.165) is 39.1 Å². The molecule has 7 heteroatoms. The summed E-state index contributed by atoms with van der Waals surface area (Å²) in [7, 11) is 0. The van der Waals surface area contributed by atoms with Gasteiger partial charge in [-0.1, -0.05) is 48.0 Å². The van der Waals surface area contributed by atoms with Gasteiger partial charge in [-0.25, -0.2) is 9.97 Å². The number of amides is 2. The monoisotopic (exact) mass is 493 g/mol. The van der Waals surface area contributed by atoms with Crippen molar-refractivity contribution < 1.29 is 9.59 Å². The highest BCUT2D eigenvalue weighted by Crippen LogP contribution is 2.28. The van der Waals surface area contributed by atoms with E-state index in [2.05, 4.69) is 47.2 Å². The molecule has 1 fully saturated rings. The van der Waals surface area contributed by atoms with E-state index in [9.17, 15) is 9.59 Å². The number of nitrogens with two attached hydrogens (primary N) is 1. The lowest BCUT2D eigenvalue weighted by Gasteiger charge is -2.32. The minimum Gasteiger partial charge on any atom is -0.369 e. The fourth-order valence-corrected chi connectivity index (χ4v) is 5.10. The molecule has 0 aliphatic carbocycles. The van der Waals surface area contributed by atoms with Crippen LogP contribution in [0.25, 0.3) is 22.2 Å². The molecule has 3 N–H and O–H groups in total. The first-order chi connectivity index (χ1) is 17.9. The summed E-state index contributed by atoms with van der Waals surface area (Å²) in [5.74, 6) is 0.348. The van der Waals surface area contributed by atoms with E-state index in [-0.39, 0.29) is 17.7 Å². The molecule has 1 aliphatic heterocycles. The zero-order chi connectivity index (χ0) is 25.9. The second-order valence-corrected chi connectivity index (χ2v) is 9.72. The number of nitrogens with one attached hydrogen (secondary N) is 1. The third-order valence-corrected chi connectivity index (χ3v) is 7.12. The Kier molecular flexibility index (Phi) is 6.86. The van der Waals surface area contributed by atoms with Crippen LogP contribution in [0.2, 0.25) is 0 Å². The van der Waals surface area contributed by atoms with Crippen LogP contribution in [-0.4, -0.2) is 34.9 Å². The largest absolute Gasteiger partial charge is 0.369 e. The van der Waals surface area contributed by atoms with Gasteiger partial charge in [0.2, 0.25) is 5.91 Å². The Morgan fingerprint density at radius 2 is 1.81 bits per heavy atom. The van der Waals surface area contributed by atoms with Gasteiger partial charge < -0.3 is 16.0 Å². The lowest BCUT2D eigenvalue weighted by Crippen LogP contribution is -2.39. The van der Waals surface area contributed by atoms with Crippen LogP contribution < -0.4 is 16.0 Å². The summed E-state index contributed by atoms with van der Waals surface area (Å²) in [5.41, 5.74) is 11.9. The van der Waals surface area contributed by atoms with Crippen molar-refractivity contribution in [2.45, 2.75) is 33.2 Å². The van der Waals surface area contributed by atoms with Gasteiger partial charge in [0.1, 0.15) is 5.82 Å². The second-order valence-electron chi connectivity index (χ2n) is 9.72. The van der Waals surface area contributed by atoms with Crippen LogP contribution in [0.15, 0.2) is 66.9 Å². The number of carbonyl (C=O) groups excluding carboxylic acids is 2. The molecule has 0 unspecified atom stereocenters. The Bertz CT molecular complexity index is 1470. The molecule has 1 saturated heterocycles. The first-order valence-corrected chi connectivity index (χ1v) is 12.6.